The van der Waals surface area contributed by atoms with Crippen molar-refractivity contribution in [1.82, 2.24) is 0 Å². The summed E-state index contributed by atoms with van der Waals surface area (Å²) in [6.07, 6.45) is 0. The molecule has 0 aliphatic rings. The van der Waals surface area contributed by atoms with E-state index < -0.39 is 7.82 Å². The van der Waals surface area contributed by atoms with E-state index in [1.165, 1.54) is 68.2 Å². The second-order valence-electron chi connectivity index (χ2n) is 6.08. The van der Waals surface area contributed by atoms with Gasteiger partial charge in [-0.25, -0.2) is 0 Å². The van der Waals surface area contributed by atoms with E-state index >= 15 is 0 Å². The monoisotopic (exact) mass is 384 g/mol. The first-order valence-electron chi connectivity index (χ1n) is 9.91. The average Bonchev–Trinajstić information content (AvgIpc) is 2.60. The molecule has 0 aromatic carbocycles. The maximum Gasteiger partial charge on any atom is 0.0757 e. The molecule has 0 aliphatic carbocycles. The molecule has 0 spiro atoms. The summed E-state index contributed by atoms with van der Waals surface area (Å²) in [6, 6.07) is 0. The van der Waals surface area contributed by atoms with Crippen LogP contribution in [0.1, 0.15) is 62.3 Å². The quantitative estimate of drug-likeness (QED) is 0.429. The molecule has 7 heteroatoms. The van der Waals surface area contributed by atoms with Crippen LogP contribution in [0.3, 0.4) is 0 Å². The molecule has 0 aromatic heterocycles. The number of hydrogen-bond donors (Lipinski definition) is 0. The van der Waals surface area contributed by atoms with Crippen molar-refractivity contribution in [2.24, 2.45) is 0 Å². The summed E-state index contributed by atoms with van der Waals surface area (Å²) in [5, 5.41) is 0. The van der Waals surface area contributed by atoms with Crippen LogP contribution in [0.25, 0.3) is 0 Å². The van der Waals surface area contributed by atoms with E-state index in [0.29, 0.717) is 0 Å². The minimum Gasteiger partial charge on any atom is -0.790 e. The zero-order valence-electron chi connectivity index (χ0n) is 18.3. The van der Waals surface area contributed by atoms with Crippen molar-refractivity contribution in [3.63, 3.8) is 0 Å². The molecule has 0 bridgehead atoms. The lowest BCUT2D eigenvalue weighted by molar-refractivity contribution is -0.921. The molecule has 0 aliphatic heterocycles. The van der Waals surface area contributed by atoms with Crippen molar-refractivity contribution in [3.05, 3.63) is 0 Å². The third kappa shape index (κ3) is 14.8. The van der Waals surface area contributed by atoms with Gasteiger partial charge in [-0.3, -0.25) is 0 Å². The molecule has 25 heavy (non-hydrogen) atoms. The lowest BCUT2D eigenvalue weighted by atomic mass is 10.3. The third-order valence-corrected chi connectivity index (χ3v) is 6.23. The average molecular weight is 385 g/mol. The van der Waals surface area contributed by atoms with Gasteiger partial charge in [-0.05, 0) is 62.3 Å². The predicted molar refractivity (Wildman–Crippen MR) is 104 cm³/mol. The molecule has 0 unspecified atom stereocenters. The van der Waals surface area contributed by atoms with Crippen molar-refractivity contribution in [3.8, 4) is 0 Å². The van der Waals surface area contributed by atoms with Gasteiger partial charge in [-0.15, -0.1) is 0 Å². The van der Waals surface area contributed by atoms with Crippen LogP contribution in [0.15, 0.2) is 0 Å². The second-order valence-corrected chi connectivity index (χ2v) is 7.23. The topological polar surface area (TPSA) is 72.4 Å². The highest BCUT2D eigenvalue weighted by atomic mass is 31.2. The lowest BCUT2D eigenvalue weighted by Crippen LogP contribution is -2.47. The van der Waals surface area contributed by atoms with Crippen LogP contribution in [0.2, 0.25) is 0 Å². The Kier molecular flexibility index (Phi) is 19.3. The molecule has 0 aromatic rings. The van der Waals surface area contributed by atoms with Crippen LogP contribution in [-0.2, 0) is 9.09 Å². The van der Waals surface area contributed by atoms with Crippen LogP contribution >= 0.6 is 7.82 Å². The Morgan fingerprint density at radius 1 is 0.600 bits per heavy atom. The van der Waals surface area contributed by atoms with Gasteiger partial charge in [0.25, 0.3) is 0 Å². The van der Waals surface area contributed by atoms with Crippen molar-refractivity contribution in [2.45, 2.75) is 62.3 Å². The van der Waals surface area contributed by atoms with E-state index in [1.54, 1.807) is 0 Å². The van der Waals surface area contributed by atoms with Gasteiger partial charge >= 0.3 is 0 Å². The lowest BCUT2D eigenvalue weighted by Gasteiger charge is -2.34. The first-order valence-corrected chi connectivity index (χ1v) is 11.4. The smallest absolute Gasteiger partial charge is 0.0757 e. The van der Waals surface area contributed by atoms with E-state index in [1.807, 2.05) is 0 Å². The molecule has 0 N–H and O–H groups in total. The predicted octanol–water partition coefficient (Wildman–Crippen LogP) is 2.62. The molecule has 6 nitrogen and oxygen atoms in total. The van der Waals surface area contributed by atoms with Gasteiger partial charge in [0, 0.05) is 6.61 Å². The van der Waals surface area contributed by atoms with Crippen LogP contribution in [0.4, 0.5) is 0 Å². The van der Waals surface area contributed by atoms with Gasteiger partial charge in [-0.1, -0.05) is 0 Å². The van der Waals surface area contributed by atoms with Crippen molar-refractivity contribution >= 4 is 7.82 Å². The molecule has 0 heterocycles. The number of nitrogens with zero attached hydrogens (tertiary/aromatic N) is 2. The maximum absolute atomic E-state index is 9.48. The van der Waals surface area contributed by atoms with Crippen LogP contribution in [0.5, 0.6) is 0 Å². The first kappa shape index (κ1) is 29.8. The van der Waals surface area contributed by atoms with Crippen molar-refractivity contribution in [1.29, 1.82) is 0 Å². The molecule has 0 saturated heterocycles. The summed E-state index contributed by atoms with van der Waals surface area (Å²) < 4.78 is 15.7. The minimum absolute atomic E-state index is 0.0791. The van der Waals surface area contributed by atoms with Crippen molar-refractivity contribution in [2.75, 3.05) is 59.0 Å². The zero-order valence-corrected chi connectivity index (χ0v) is 19.2. The molecule has 156 valence electrons. The Morgan fingerprint density at radius 3 is 0.800 bits per heavy atom. The molecule has 0 rings (SSSR count). The van der Waals surface area contributed by atoms with Gasteiger partial charge in [0.05, 0.1) is 60.2 Å². The first-order chi connectivity index (χ1) is 11.5. The largest absolute Gasteiger partial charge is 0.790 e. The highest BCUT2D eigenvalue weighted by Gasteiger charge is 2.16. The highest BCUT2D eigenvalue weighted by Crippen LogP contribution is 2.23. The summed E-state index contributed by atoms with van der Waals surface area (Å²) in [4.78, 5) is 19.0. The molecule has 0 radical (unpaired) electrons. The normalized spacial score (nSPS) is 12.0. The molecule has 0 atom stereocenters. The molecular formula is C18H45N2O4P. The summed E-state index contributed by atoms with van der Waals surface area (Å²) >= 11 is 0. The molecule has 0 amide bonds. The Balaban J connectivity index is -0.000000293. The van der Waals surface area contributed by atoms with E-state index in [0.717, 1.165) is 0 Å². The Labute approximate surface area is 157 Å². The fourth-order valence-corrected chi connectivity index (χ4v) is 3.16. The number of quaternary nitrogens is 2. The number of rotatable bonds is 10. The summed E-state index contributed by atoms with van der Waals surface area (Å²) in [5.74, 6) is 0. The summed E-state index contributed by atoms with van der Waals surface area (Å²) in [6.45, 7) is 29.8. The molecular weight excluding hydrogens is 339 g/mol. The zero-order chi connectivity index (χ0) is 20.6. The van der Waals surface area contributed by atoms with Gasteiger partial charge in [0.15, 0.2) is 0 Å². The minimum atomic E-state index is -4.67. The Hall–Kier alpha value is 0.0300. The SMILES string of the molecule is CCOP(=O)([O-])[O-].CC[N+](CC)(CC)CC.CC[N+](CC)(CC)CC. The van der Waals surface area contributed by atoms with Gasteiger partial charge in [0.1, 0.15) is 0 Å². The summed E-state index contributed by atoms with van der Waals surface area (Å²) in [5.41, 5.74) is 0. The number of hydrogen-bond acceptors (Lipinski definition) is 4. The van der Waals surface area contributed by atoms with Gasteiger partial charge in [-0.2, -0.15) is 0 Å². The van der Waals surface area contributed by atoms with Crippen LogP contribution in [0, 0.1) is 0 Å². The van der Waals surface area contributed by atoms with E-state index in [-0.39, 0.29) is 6.61 Å². The standard InChI is InChI=1S/2C8H20N.C2H7O4P/c2*1-5-9(6-2,7-3)8-4;1-2-6-7(3,4)5/h2*5-8H2,1-4H3;2H2,1H3,(H2,3,4,5)/q2*+1;/p-2. The van der Waals surface area contributed by atoms with E-state index in [4.69, 9.17) is 0 Å². The van der Waals surface area contributed by atoms with Gasteiger partial charge in [0.2, 0.25) is 0 Å². The Bertz CT molecular complexity index is 272. The van der Waals surface area contributed by atoms with Crippen LogP contribution in [-0.4, -0.2) is 67.9 Å². The second kappa shape index (κ2) is 16.2. The summed E-state index contributed by atoms with van der Waals surface area (Å²) in [7, 11) is -4.67. The van der Waals surface area contributed by atoms with Gasteiger partial charge < -0.3 is 27.8 Å². The fraction of sp³-hybridized carbons (Fsp3) is 1.00. The fourth-order valence-electron chi connectivity index (χ4n) is 2.84. The third-order valence-electron chi connectivity index (χ3n) is 5.65. The maximum atomic E-state index is 9.48. The molecule has 0 fully saturated rings. The van der Waals surface area contributed by atoms with Crippen molar-refractivity contribution < 1.29 is 27.8 Å². The van der Waals surface area contributed by atoms with Crippen LogP contribution < -0.4 is 9.79 Å². The van der Waals surface area contributed by atoms with E-state index in [9.17, 15) is 14.4 Å². The Morgan fingerprint density at radius 2 is 0.800 bits per heavy atom. The number of phosphoric acid groups is 1. The molecule has 0 saturated carbocycles. The highest BCUT2D eigenvalue weighted by molar-refractivity contribution is 7.43. The van der Waals surface area contributed by atoms with E-state index in [2.05, 4.69) is 59.9 Å². The number of phosphoric ester groups is 1.